The van der Waals surface area contributed by atoms with Gasteiger partial charge in [-0.1, -0.05) is 0 Å². The molecule has 26 heavy (non-hydrogen) atoms. The van der Waals surface area contributed by atoms with E-state index in [1.165, 1.54) is 0 Å². The Morgan fingerprint density at radius 2 is 1.15 bits per heavy atom. The van der Waals surface area contributed by atoms with Crippen molar-refractivity contribution in [1.29, 1.82) is 0 Å². The molecule has 0 heterocycles. The predicted molar refractivity (Wildman–Crippen MR) is 76.9 cm³/mol. The van der Waals surface area contributed by atoms with E-state index >= 15 is 0 Å². The van der Waals surface area contributed by atoms with Crippen molar-refractivity contribution in [3.05, 3.63) is 59.7 Å². The zero-order chi connectivity index (χ0) is 19.9. The van der Waals surface area contributed by atoms with Crippen LogP contribution in [0.3, 0.4) is 0 Å². The Hall–Kier alpha value is -2.08. The van der Waals surface area contributed by atoms with Crippen LogP contribution in [0.2, 0.25) is 0 Å². The molecule has 0 amide bonds. The standard InChI is InChI=1S/C14H8F6O4S2/c15-8-1-3-12(10(17)5-8)25(21,22)7-14(19,20)26(23,24)13-4-2-9(16)6-11(13)18/h1-6H,7H2. The van der Waals surface area contributed by atoms with Crippen LogP contribution in [0.5, 0.6) is 0 Å². The van der Waals surface area contributed by atoms with Crippen LogP contribution in [-0.4, -0.2) is 27.8 Å². The average Bonchev–Trinajstić information content (AvgIpc) is 2.44. The molecule has 0 spiro atoms. The third-order valence-electron chi connectivity index (χ3n) is 3.16. The van der Waals surface area contributed by atoms with Crippen LogP contribution in [0.15, 0.2) is 46.2 Å². The Labute approximate surface area is 143 Å². The van der Waals surface area contributed by atoms with Crippen molar-refractivity contribution in [2.45, 2.75) is 15.0 Å². The summed E-state index contributed by atoms with van der Waals surface area (Å²) >= 11 is 0. The highest BCUT2D eigenvalue weighted by Gasteiger charge is 2.51. The SMILES string of the molecule is O=S(=O)(CC(F)(F)S(=O)(=O)c1ccc(F)cc1F)c1ccc(F)cc1F. The van der Waals surface area contributed by atoms with Crippen molar-refractivity contribution < 1.29 is 43.2 Å². The van der Waals surface area contributed by atoms with Gasteiger partial charge in [-0.05, 0) is 24.3 Å². The van der Waals surface area contributed by atoms with E-state index in [0.29, 0.717) is 18.2 Å². The number of halogens is 6. The van der Waals surface area contributed by atoms with Gasteiger partial charge in [-0.3, -0.25) is 0 Å². The fourth-order valence-electron chi connectivity index (χ4n) is 1.96. The molecule has 4 nitrogen and oxygen atoms in total. The van der Waals surface area contributed by atoms with Gasteiger partial charge in [-0.25, -0.2) is 34.4 Å². The lowest BCUT2D eigenvalue weighted by Gasteiger charge is -2.18. The molecule has 0 radical (unpaired) electrons. The molecule has 0 N–H and O–H groups in total. The number of hydrogen-bond donors (Lipinski definition) is 0. The molecule has 2 aromatic rings. The van der Waals surface area contributed by atoms with E-state index in [2.05, 4.69) is 0 Å². The van der Waals surface area contributed by atoms with Crippen molar-refractivity contribution >= 4 is 19.7 Å². The van der Waals surface area contributed by atoms with E-state index < -0.39 is 63.7 Å². The zero-order valence-corrected chi connectivity index (χ0v) is 14.0. The number of alkyl halides is 2. The van der Waals surface area contributed by atoms with Gasteiger partial charge < -0.3 is 0 Å². The number of hydrogen-bond acceptors (Lipinski definition) is 4. The lowest BCUT2D eigenvalue weighted by Crippen LogP contribution is -2.37. The lowest BCUT2D eigenvalue weighted by molar-refractivity contribution is 0.117. The van der Waals surface area contributed by atoms with Gasteiger partial charge in [-0.15, -0.1) is 0 Å². The highest BCUT2D eigenvalue weighted by molar-refractivity contribution is 7.96. The summed E-state index contributed by atoms with van der Waals surface area (Å²) in [6.07, 6.45) is 0. The first-order chi connectivity index (χ1) is 11.8. The third kappa shape index (κ3) is 3.70. The molecule has 2 rings (SSSR count). The van der Waals surface area contributed by atoms with Gasteiger partial charge >= 0.3 is 5.25 Å². The maximum absolute atomic E-state index is 14.1. The maximum Gasteiger partial charge on any atom is 0.364 e. The van der Waals surface area contributed by atoms with Crippen molar-refractivity contribution in [2.24, 2.45) is 0 Å². The normalized spacial score (nSPS) is 13.0. The average molecular weight is 418 g/mol. The molecular weight excluding hydrogens is 410 g/mol. The van der Waals surface area contributed by atoms with Gasteiger partial charge in [-0.2, -0.15) is 8.78 Å². The Morgan fingerprint density at radius 1 is 0.731 bits per heavy atom. The maximum atomic E-state index is 14.1. The molecule has 142 valence electrons. The second-order valence-electron chi connectivity index (χ2n) is 5.05. The Kier molecular flexibility index (Phi) is 5.12. The third-order valence-corrected chi connectivity index (χ3v) is 6.93. The molecule has 12 heteroatoms. The summed E-state index contributed by atoms with van der Waals surface area (Å²) in [7, 11) is -11.1. The van der Waals surface area contributed by atoms with Crippen molar-refractivity contribution in [3.63, 3.8) is 0 Å². The first-order valence-electron chi connectivity index (χ1n) is 6.53. The fourth-order valence-corrected chi connectivity index (χ4v) is 5.16. The molecular formula is C14H8F6O4S2. The van der Waals surface area contributed by atoms with Crippen LogP contribution in [0, 0.1) is 23.3 Å². The Morgan fingerprint density at radius 3 is 1.58 bits per heavy atom. The van der Waals surface area contributed by atoms with Crippen LogP contribution in [0.4, 0.5) is 26.3 Å². The molecule has 0 aliphatic rings. The van der Waals surface area contributed by atoms with E-state index in [0.717, 1.165) is 0 Å². The van der Waals surface area contributed by atoms with E-state index in [-0.39, 0.29) is 18.2 Å². The Balaban J connectivity index is 2.49. The first-order valence-corrected chi connectivity index (χ1v) is 9.67. The van der Waals surface area contributed by atoms with E-state index in [1.54, 1.807) is 0 Å². The molecule has 0 fully saturated rings. The van der Waals surface area contributed by atoms with Gasteiger partial charge in [0.05, 0.1) is 0 Å². The van der Waals surface area contributed by atoms with Crippen LogP contribution >= 0.6 is 0 Å². The summed E-state index contributed by atoms with van der Waals surface area (Å²) in [5.74, 6) is -8.41. The summed E-state index contributed by atoms with van der Waals surface area (Å²) in [6.45, 7) is 0. The molecule has 0 aliphatic heterocycles. The van der Waals surface area contributed by atoms with E-state index in [9.17, 15) is 43.2 Å². The van der Waals surface area contributed by atoms with Crippen molar-refractivity contribution in [2.75, 3.05) is 5.75 Å². The number of rotatable bonds is 5. The van der Waals surface area contributed by atoms with E-state index in [1.807, 2.05) is 0 Å². The predicted octanol–water partition coefficient (Wildman–Crippen LogP) is 3.08. The fraction of sp³-hybridized carbons (Fsp3) is 0.143. The zero-order valence-electron chi connectivity index (χ0n) is 12.4. The van der Waals surface area contributed by atoms with Gasteiger partial charge in [0.1, 0.15) is 38.8 Å². The molecule has 0 aliphatic carbocycles. The van der Waals surface area contributed by atoms with Gasteiger partial charge in [0, 0.05) is 12.1 Å². The van der Waals surface area contributed by atoms with Gasteiger partial charge in [0.15, 0.2) is 9.84 Å². The molecule has 0 saturated heterocycles. The highest BCUT2D eigenvalue weighted by Crippen LogP contribution is 2.34. The summed E-state index contributed by atoms with van der Waals surface area (Å²) in [6, 6.07) is 1.55. The van der Waals surface area contributed by atoms with Gasteiger partial charge in [0.2, 0.25) is 9.84 Å². The smallest absolute Gasteiger partial charge is 0.223 e. The Bertz CT molecular complexity index is 1060. The second kappa shape index (κ2) is 6.58. The minimum atomic E-state index is -5.90. The summed E-state index contributed by atoms with van der Waals surface area (Å²) in [5, 5.41) is -5.08. The largest absolute Gasteiger partial charge is 0.364 e. The summed E-state index contributed by atoms with van der Waals surface area (Å²) in [4.78, 5) is -2.98. The van der Waals surface area contributed by atoms with Crippen LogP contribution in [-0.2, 0) is 19.7 Å². The highest BCUT2D eigenvalue weighted by atomic mass is 32.2. The molecule has 2 aromatic carbocycles. The van der Waals surface area contributed by atoms with Gasteiger partial charge in [0.25, 0.3) is 0 Å². The first kappa shape index (κ1) is 20.2. The molecule has 0 bridgehead atoms. The van der Waals surface area contributed by atoms with Crippen LogP contribution in [0.1, 0.15) is 0 Å². The minimum Gasteiger partial charge on any atom is -0.223 e. The quantitative estimate of drug-likeness (QED) is 0.553. The van der Waals surface area contributed by atoms with Crippen molar-refractivity contribution in [3.8, 4) is 0 Å². The lowest BCUT2D eigenvalue weighted by atomic mass is 10.3. The molecule has 0 unspecified atom stereocenters. The van der Waals surface area contributed by atoms with E-state index in [4.69, 9.17) is 0 Å². The second-order valence-corrected chi connectivity index (χ2v) is 9.05. The van der Waals surface area contributed by atoms with Crippen LogP contribution < -0.4 is 0 Å². The van der Waals surface area contributed by atoms with Crippen molar-refractivity contribution in [1.82, 2.24) is 0 Å². The topological polar surface area (TPSA) is 68.3 Å². The minimum absolute atomic E-state index is 0.0249. The molecule has 0 atom stereocenters. The number of benzene rings is 2. The summed E-state index contributed by atoms with van der Waals surface area (Å²) in [5.41, 5.74) is 0. The van der Waals surface area contributed by atoms with Crippen LogP contribution in [0.25, 0.3) is 0 Å². The number of sulfone groups is 2. The molecule has 0 saturated carbocycles. The monoisotopic (exact) mass is 418 g/mol. The molecule has 0 aromatic heterocycles. The summed E-state index contributed by atoms with van der Waals surface area (Å²) < 4.78 is 129.